The Hall–Kier alpha value is -2.53. The lowest BCUT2D eigenvalue weighted by Gasteiger charge is -2.12. The molecule has 5 heteroatoms. The average Bonchev–Trinajstić information content (AvgIpc) is 3.12. The van der Waals surface area contributed by atoms with E-state index in [1.165, 1.54) is 0 Å². The molecule has 3 rings (SSSR count). The third kappa shape index (κ3) is 3.81. The standard InChI is InChI=1S/C18H20N2O3/c1-22-16-6-2-3-7-17(16)23-14-10-8-13(9-11-14)20-18(21)15-5-4-12-19-15/h2-3,6-11,15,19H,4-5,12H2,1H3,(H,20,21)/t15-/m1/s1. The lowest BCUT2D eigenvalue weighted by molar-refractivity contribution is -0.117. The van der Waals surface area contributed by atoms with Crippen molar-refractivity contribution in [2.45, 2.75) is 18.9 Å². The van der Waals surface area contributed by atoms with Crippen LogP contribution in [0.15, 0.2) is 48.5 Å². The minimum Gasteiger partial charge on any atom is -0.493 e. The van der Waals surface area contributed by atoms with E-state index < -0.39 is 0 Å². The van der Waals surface area contributed by atoms with Crippen LogP contribution >= 0.6 is 0 Å². The predicted molar refractivity (Wildman–Crippen MR) is 89.2 cm³/mol. The van der Waals surface area contributed by atoms with E-state index in [9.17, 15) is 4.79 Å². The zero-order valence-electron chi connectivity index (χ0n) is 13.0. The molecule has 0 aliphatic carbocycles. The maximum Gasteiger partial charge on any atom is 0.241 e. The van der Waals surface area contributed by atoms with Gasteiger partial charge in [-0.25, -0.2) is 0 Å². The van der Waals surface area contributed by atoms with Gasteiger partial charge in [-0.1, -0.05) is 12.1 Å². The van der Waals surface area contributed by atoms with Crippen molar-refractivity contribution in [1.82, 2.24) is 5.32 Å². The quantitative estimate of drug-likeness (QED) is 0.890. The van der Waals surface area contributed by atoms with Crippen molar-refractivity contribution in [3.63, 3.8) is 0 Å². The predicted octanol–water partition coefficient (Wildman–Crippen LogP) is 3.18. The second-order valence-corrected chi connectivity index (χ2v) is 5.42. The normalized spacial score (nSPS) is 16.8. The number of carbonyl (C=O) groups excluding carboxylic acids is 1. The molecule has 0 bridgehead atoms. The van der Waals surface area contributed by atoms with Crippen LogP contribution in [-0.4, -0.2) is 25.6 Å². The molecule has 1 aliphatic rings. The number of hydrogen-bond donors (Lipinski definition) is 2. The summed E-state index contributed by atoms with van der Waals surface area (Å²) in [6, 6.07) is 14.7. The average molecular weight is 312 g/mol. The molecular formula is C18H20N2O3. The van der Waals surface area contributed by atoms with E-state index in [0.717, 1.165) is 25.1 Å². The molecule has 1 fully saturated rings. The van der Waals surface area contributed by atoms with Gasteiger partial charge < -0.3 is 20.1 Å². The molecule has 1 atom stereocenters. The van der Waals surface area contributed by atoms with Gasteiger partial charge in [0.2, 0.25) is 5.91 Å². The summed E-state index contributed by atoms with van der Waals surface area (Å²) < 4.78 is 11.1. The Morgan fingerprint density at radius 3 is 2.52 bits per heavy atom. The first-order valence-corrected chi connectivity index (χ1v) is 7.71. The van der Waals surface area contributed by atoms with Crippen molar-refractivity contribution in [1.29, 1.82) is 0 Å². The maximum atomic E-state index is 12.1. The van der Waals surface area contributed by atoms with Gasteiger partial charge in [0.15, 0.2) is 11.5 Å². The largest absolute Gasteiger partial charge is 0.493 e. The van der Waals surface area contributed by atoms with Crippen LogP contribution in [0.1, 0.15) is 12.8 Å². The smallest absolute Gasteiger partial charge is 0.241 e. The number of amides is 1. The molecule has 2 aromatic rings. The van der Waals surface area contributed by atoms with Gasteiger partial charge in [0.25, 0.3) is 0 Å². The number of hydrogen-bond acceptors (Lipinski definition) is 4. The molecule has 2 aromatic carbocycles. The molecule has 0 spiro atoms. The summed E-state index contributed by atoms with van der Waals surface area (Å²) in [6.07, 6.45) is 1.94. The third-order valence-electron chi connectivity index (χ3n) is 3.80. The Morgan fingerprint density at radius 2 is 1.87 bits per heavy atom. The number of nitrogens with one attached hydrogen (secondary N) is 2. The molecule has 0 aromatic heterocycles. The summed E-state index contributed by atoms with van der Waals surface area (Å²) in [6.45, 7) is 0.907. The molecule has 2 N–H and O–H groups in total. The highest BCUT2D eigenvalue weighted by atomic mass is 16.5. The fraction of sp³-hybridized carbons (Fsp3) is 0.278. The Balaban J connectivity index is 1.63. The van der Waals surface area contributed by atoms with Crippen LogP contribution in [0, 0.1) is 0 Å². The zero-order chi connectivity index (χ0) is 16.1. The molecule has 120 valence electrons. The molecule has 1 aliphatic heterocycles. The van der Waals surface area contributed by atoms with Gasteiger partial charge in [0.1, 0.15) is 5.75 Å². The molecule has 23 heavy (non-hydrogen) atoms. The van der Waals surface area contributed by atoms with Crippen molar-refractivity contribution >= 4 is 11.6 Å². The first kappa shape index (κ1) is 15.4. The molecule has 1 heterocycles. The van der Waals surface area contributed by atoms with Gasteiger partial charge in [-0.3, -0.25) is 4.79 Å². The highest BCUT2D eigenvalue weighted by Gasteiger charge is 2.21. The van der Waals surface area contributed by atoms with Crippen LogP contribution in [0.2, 0.25) is 0 Å². The first-order valence-electron chi connectivity index (χ1n) is 7.71. The van der Waals surface area contributed by atoms with E-state index in [4.69, 9.17) is 9.47 Å². The first-order chi connectivity index (χ1) is 11.3. The molecule has 1 saturated heterocycles. The van der Waals surface area contributed by atoms with E-state index in [1.54, 1.807) is 7.11 Å². The number of benzene rings is 2. The molecule has 5 nitrogen and oxygen atoms in total. The summed E-state index contributed by atoms with van der Waals surface area (Å²) >= 11 is 0. The number of methoxy groups -OCH3 is 1. The monoisotopic (exact) mass is 312 g/mol. The molecular weight excluding hydrogens is 292 g/mol. The van der Waals surface area contributed by atoms with Crippen LogP contribution in [-0.2, 0) is 4.79 Å². The second-order valence-electron chi connectivity index (χ2n) is 5.42. The second kappa shape index (κ2) is 7.15. The van der Waals surface area contributed by atoms with Gasteiger partial charge in [0, 0.05) is 5.69 Å². The molecule has 1 amide bonds. The van der Waals surface area contributed by atoms with Gasteiger partial charge in [-0.15, -0.1) is 0 Å². The summed E-state index contributed by atoms with van der Waals surface area (Å²) in [5.74, 6) is 2.03. The number of para-hydroxylation sites is 2. The van der Waals surface area contributed by atoms with Crippen LogP contribution in [0.3, 0.4) is 0 Å². The highest BCUT2D eigenvalue weighted by molar-refractivity contribution is 5.95. The molecule has 0 saturated carbocycles. The fourth-order valence-electron chi connectivity index (χ4n) is 2.57. The number of anilines is 1. The van der Waals surface area contributed by atoms with Crippen LogP contribution in [0.4, 0.5) is 5.69 Å². The Morgan fingerprint density at radius 1 is 1.13 bits per heavy atom. The number of ether oxygens (including phenoxy) is 2. The summed E-state index contributed by atoms with van der Waals surface area (Å²) in [5, 5.41) is 6.10. The lowest BCUT2D eigenvalue weighted by atomic mass is 10.2. The van der Waals surface area contributed by atoms with Gasteiger partial charge >= 0.3 is 0 Å². The highest BCUT2D eigenvalue weighted by Crippen LogP contribution is 2.31. The Labute approximate surface area is 135 Å². The van der Waals surface area contributed by atoms with Crippen molar-refractivity contribution in [2.75, 3.05) is 19.0 Å². The number of rotatable bonds is 5. The van der Waals surface area contributed by atoms with Crippen molar-refractivity contribution in [3.05, 3.63) is 48.5 Å². The number of carbonyl (C=O) groups is 1. The Kier molecular flexibility index (Phi) is 4.78. The van der Waals surface area contributed by atoms with Crippen LogP contribution < -0.4 is 20.1 Å². The van der Waals surface area contributed by atoms with E-state index in [-0.39, 0.29) is 11.9 Å². The summed E-state index contributed by atoms with van der Waals surface area (Å²) in [7, 11) is 1.61. The topological polar surface area (TPSA) is 59.6 Å². The lowest BCUT2D eigenvalue weighted by Crippen LogP contribution is -2.35. The van der Waals surface area contributed by atoms with Crippen LogP contribution in [0.5, 0.6) is 17.2 Å². The molecule has 0 radical (unpaired) electrons. The van der Waals surface area contributed by atoms with E-state index in [1.807, 2.05) is 48.5 Å². The zero-order valence-corrected chi connectivity index (χ0v) is 13.0. The van der Waals surface area contributed by atoms with Crippen molar-refractivity contribution in [3.8, 4) is 17.2 Å². The fourth-order valence-corrected chi connectivity index (χ4v) is 2.57. The SMILES string of the molecule is COc1ccccc1Oc1ccc(NC(=O)[C@H]2CCCN2)cc1. The van der Waals surface area contributed by atoms with Crippen molar-refractivity contribution < 1.29 is 14.3 Å². The maximum absolute atomic E-state index is 12.1. The minimum atomic E-state index is -0.0838. The van der Waals surface area contributed by atoms with E-state index >= 15 is 0 Å². The van der Waals surface area contributed by atoms with Crippen LogP contribution in [0.25, 0.3) is 0 Å². The summed E-state index contributed by atoms with van der Waals surface area (Å²) in [4.78, 5) is 12.1. The Bertz CT molecular complexity index is 664. The van der Waals surface area contributed by atoms with Gasteiger partial charge in [-0.2, -0.15) is 0 Å². The van der Waals surface area contributed by atoms with Gasteiger partial charge in [-0.05, 0) is 55.8 Å². The summed E-state index contributed by atoms with van der Waals surface area (Å²) in [5.41, 5.74) is 0.760. The van der Waals surface area contributed by atoms with Gasteiger partial charge in [0.05, 0.1) is 13.2 Å². The molecule has 0 unspecified atom stereocenters. The van der Waals surface area contributed by atoms with E-state index in [2.05, 4.69) is 10.6 Å². The third-order valence-corrected chi connectivity index (χ3v) is 3.80. The van der Waals surface area contributed by atoms with E-state index in [0.29, 0.717) is 17.2 Å². The van der Waals surface area contributed by atoms with Crippen molar-refractivity contribution in [2.24, 2.45) is 0 Å². The minimum absolute atomic E-state index is 0.0147.